The summed E-state index contributed by atoms with van der Waals surface area (Å²) in [6.45, 7) is 4.15. The van der Waals surface area contributed by atoms with Gasteiger partial charge in [0.1, 0.15) is 5.78 Å². The predicted molar refractivity (Wildman–Crippen MR) is 50.1 cm³/mol. The van der Waals surface area contributed by atoms with Crippen LogP contribution < -0.4 is 0 Å². The van der Waals surface area contributed by atoms with E-state index in [9.17, 15) is 4.79 Å². The first-order valence-corrected chi connectivity index (χ1v) is 4.95. The monoisotopic (exact) mass is 169 g/mol. The van der Waals surface area contributed by atoms with Crippen molar-refractivity contribution >= 4 is 5.78 Å². The van der Waals surface area contributed by atoms with Crippen LogP contribution in [0.5, 0.6) is 0 Å². The van der Waals surface area contributed by atoms with Crippen molar-refractivity contribution in [2.24, 2.45) is 5.92 Å². The van der Waals surface area contributed by atoms with Crippen molar-refractivity contribution in [1.29, 1.82) is 0 Å². The molecule has 1 rings (SSSR count). The highest BCUT2D eigenvalue weighted by Crippen LogP contribution is 2.20. The van der Waals surface area contributed by atoms with Crippen molar-refractivity contribution in [1.82, 2.24) is 4.90 Å². The molecule has 0 saturated heterocycles. The van der Waals surface area contributed by atoms with Crippen LogP contribution in [-0.2, 0) is 4.79 Å². The molecule has 1 aliphatic rings. The van der Waals surface area contributed by atoms with Crippen molar-refractivity contribution < 1.29 is 4.79 Å². The SMILES string of the molecule is CCN(C)CC1CCCCC1=O. The molecule has 0 N–H and O–H groups in total. The highest BCUT2D eigenvalue weighted by Gasteiger charge is 2.22. The standard InChI is InChI=1S/C10H19NO/c1-3-11(2)8-9-6-4-5-7-10(9)12/h9H,3-8H2,1-2H3. The van der Waals surface area contributed by atoms with Crippen LogP contribution in [0, 0.1) is 5.92 Å². The molecule has 0 spiro atoms. The van der Waals surface area contributed by atoms with E-state index in [1.807, 2.05) is 0 Å². The van der Waals surface area contributed by atoms with Crippen molar-refractivity contribution in [2.75, 3.05) is 20.1 Å². The zero-order chi connectivity index (χ0) is 8.97. The van der Waals surface area contributed by atoms with E-state index in [1.54, 1.807) is 0 Å². The quantitative estimate of drug-likeness (QED) is 0.641. The molecule has 1 aliphatic carbocycles. The second-order valence-corrected chi connectivity index (χ2v) is 3.76. The molecular formula is C10H19NO. The first-order chi connectivity index (χ1) is 5.74. The lowest BCUT2D eigenvalue weighted by molar-refractivity contribution is -0.125. The Bertz CT molecular complexity index is 156. The van der Waals surface area contributed by atoms with E-state index in [1.165, 1.54) is 6.42 Å². The zero-order valence-corrected chi connectivity index (χ0v) is 8.18. The highest BCUT2D eigenvalue weighted by atomic mass is 16.1. The topological polar surface area (TPSA) is 20.3 Å². The molecule has 0 aromatic rings. The molecule has 1 fully saturated rings. The van der Waals surface area contributed by atoms with E-state index in [0.717, 1.165) is 32.4 Å². The van der Waals surface area contributed by atoms with Gasteiger partial charge in [0.15, 0.2) is 0 Å². The fourth-order valence-corrected chi connectivity index (χ4v) is 1.75. The normalized spacial score (nSPS) is 24.9. The van der Waals surface area contributed by atoms with Gasteiger partial charge in [0.2, 0.25) is 0 Å². The molecule has 0 amide bonds. The lowest BCUT2D eigenvalue weighted by Gasteiger charge is -2.24. The van der Waals surface area contributed by atoms with Crippen molar-refractivity contribution in [3.05, 3.63) is 0 Å². The number of Topliss-reactive ketones (excluding diaryl/α,β-unsaturated/α-hetero) is 1. The Morgan fingerprint density at radius 3 is 2.83 bits per heavy atom. The summed E-state index contributed by atoms with van der Waals surface area (Å²) in [6, 6.07) is 0. The fourth-order valence-electron chi connectivity index (χ4n) is 1.75. The van der Waals surface area contributed by atoms with Gasteiger partial charge in [-0.05, 0) is 26.4 Å². The van der Waals surface area contributed by atoms with Gasteiger partial charge < -0.3 is 4.90 Å². The summed E-state index contributed by atoms with van der Waals surface area (Å²) in [7, 11) is 2.09. The van der Waals surface area contributed by atoms with Crippen molar-refractivity contribution in [3.8, 4) is 0 Å². The summed E-state index contributed by atoms with van der Waals surface area (Å²) >= 11 is 0. The van der Waals surface area contributed by atoms with E-state index >= 15 is 0 Å². The molecule has 1 atom stereocenters. The van der Waals surface area contributed by atoms with Crippen LogP contribution in [0.25, 0.3) is 0 Å². The largest absolute Gasteiger partial charge is 0.306 e. The number of nitrogens with zero attached hydrogens (tertiary/aromatic N) is 1. The number of carbonyl (C=O) groups excluding carboxylic acids is 1. The molecule has 12 heavy (non-hydrogen) atoms. The molecule has 70 valence electrons. The molecule has 0 bridgehead atoms. The van der Waals surface area contributed by atoms with Gasteiger partial charge in [-0.1, -0.05) is 13.3 Å². The predicted octanol–water partition coefficient (Wildman–Crippen LogP) is 1.70. The highest BCUT2D eigenvalue weighted by molar-refractivity contribution is 5.81. The number of hydrogen-bond acceptors (Lipinski definition) is 2. The summed E-state index contributed by atoms with van der Waals surface area (Å²) in [4.78, 5) is 13.6. The van der Waals surface area contributed by atoms with Crippen molar-refractivity contribution in [3.63, 3.8) is 0 Å². The Hall–Kier alpha value is -0.370. The van der Waals surface area contributed by atoms with Gasteiger partial charge in [-0.2, -0.15) is 0 Å². The van der Waals surface area contributed by atoms with Gasteiger partial charge in [-0.3, -0.25) is 4.79 Å². The minimum Gasteiger partial charge on any atom is -0.306 e. The Kier molecular flexibility index (Phi) is 3.73. The number of rotatable bonds is 3. The summed E-state index contributed by atoms with van der Waals surface area (Å²) < 4.78 is 0. The van der Waals surface area contributed by atoms with Gasteiger partial charge in [0.05, 0.1) is 0 Å². The molecule has 0 radical (unpaired) electrons. The summed E-state index contributed by atoms with van der Waals surface area (Å²) in [5, 5.41) is 0. The lowest BCUT2D eigenvalue weighted by atomic mass is 9.88. The Balaban J connectivity index is 2.34. The summed E-state index contributed by atoms with van der Waals surface area (Å²) in [5.74, 6) is 0.824. The van der Waals surface area contributed by atoms with E-state index in [4.69, 9.17) is 0 Å². The van der Waals surface area contributed by atoms with E-state index < -0.39 is 0 Å². The molecule has 0 aromatic carbocycles. The molecule has 0 aliphatic heterocycles. The molecule has 2 nitrogen and oxygen atoms in total. The Labute approximate surface area is 74.9 Å². The van der Waals surface area contributed by atoms with Gasteiger partial charge in [-0.15, -0.1) is 0 Å². The first-order valence-electron chi connectivity index (χ1n) is 4.95. The second kappa shape index (κ2) is 4.61. The number of ketones is 1. The smallest absolute Gasteiger partial charge is 0.137 e. The molecular weight excluding hydrogens is 150 g/mol. The van der Waals surface area contributed by atoms with E-state index in [0.29, 0.717) is 11.7 Å². The molecule has 1 unspecified atom stereocenters. The van der Waals surface area contributed by atoms with E-state index in [2.05, 4.69) is 18.9 Å². The summed E-state index contributed by atoms with van der Waals surface area (Å²) in [5.41, 5.74) is 0. The van der Waals surface area contributed by atoms with Gasteiger partial charge in [-0.25, -0.2) is 0 Å². The third-order valence-corrected chi connectivity index (χ3v) is 2.75. The molecule has 1 saturated carbocycles. The fraction of sp³-hybridized carbons (Fsp3) is 0.900. The van der Waals surface area contributed by atoms with Crippen LogP contribution in [0.1, 0.15) is 32.6 Å². The molecule has 2 heteroatoms. The van der Waals surface area contributed by atoms with Gasteiger partial charge in [0.25, 0.3) is 0 Å². The maximum absolute atomic E-state index is 11.4. The van der Waals surface area contributed by atoms with E-state index in [-0.39, 0.29) is 0 Å². The molecule has 0 heterocycles. The minimum atomic E-state index is 0.337. The average molecular weight is 169 g/mol. The first kappa shape index (κ1) is 9.72. The zero-order valence-electron chi connectivity index (χ0n) is 8.18. The number of carbonyl (C=O) groups is 1. The average Bonchev–Trinajstić information content (AvgIpc) is 2.09. The Morgan fingerprint density at radius 1 is 1.50 bits per heavy atom. The van der Waals surface area contributed by atoms with Crippen LogP contribution >= 0.6 is 0 Å². The minimum absolute atomic E-state index is 0.337. The summed E-state index contributed by atoms with van der Waals surface area (Å²) in [6.07, 6.45) is 4.30. The van der Waals surface area contributed by atoms with Crippen LogP contribution in [0.2, 0.25) is 0 Å². The van der Waals surface area contributed by atoms with Crippen LogP contribution in [0.4, 0.5) is 0 Å². The van der Waals surface area contributed by atoms with Gasteiger partial charge >= 0.3 is 0 Å². The van der Waals surface area contributed by atoms with Crippen LogP contribution in [-0.4, -0.2) is 30.8 Å². The Morgan fingerprint density at radius 2 is 2.25 bits per heavy atom. The van der Waals surface area contributed by atoms with Crippen LogP contribution in [0.15, 0.2) is 0 Å². The van der Waals surface area contributed by atoms with Crippen LogP contribution in [0.3, 0.4) is 0 Å². The maximum Gasteiger partial charge on any atom is 0.137 e. The van der Waals surface area contributed by atoms with Crippen molar-refractivity contribution in [2.45, 2.75) is 32.6 Å². The second-order valence-electron chi connectivity index (χ2n) is 3.76. The third kappa shape index (κ3) is 2.59. The molecule has 0 aromatic heterocycles. The van der Waals surface area contributed by atoms with Gasteiger partial charge in [0, 0.05) is 18.9 Å². The maximum atomic E-state index is 11.4. The lowest BCUT2D eigenvalue weighted by Crippen LogP contribution is -2.32. The number of hydrogen-bond donors (Lipinski definition) is 0. The third-order valence-electron chi connectivity index (χ3n) is 2.75.